The average molecular weight is 317 g/mol. The lowest BCUT2D eigenvalue weighted by atomic mass is 10.1. The van der Waals surface area contributed by atoms with Gasteiger partial charge in [-0.3, -0.25) is 0 Å². The number of aryl methyl sites for hydroxylation is 1. The fourth-order valence-corrected chi connectivity index (χ4v) is 2.84. The summed E-state index contributed by atoms with van der Waals surface area (Å²) in [6.45, 7) is 4.74. The Hall–Kier alpha value is -2.12. The van der Waals surface area contributed by atoms with Crippen LogP contribution in [0.3, 0.4) is 0 Å². The van der Waals surface area contributed by atoms with Gasteiger partial charge >= 0.3 is 0 Å². The quantitative estimate of drug-likeness (QED) is 0.847. The highest BCUT2D eigenvalue weighted by Crippen LogP contribution is 2.33. The van der Waals surface area contributed by atoms with E-state index in [1.165, 1.54) is 0 Å². The van der Waals surface area contributed by atoms with Crippen LogP contribution in [0, 0.1) is 6.92 Å². The molecule has 3 heterocycles. The highest BCUT2D eigenvalue weighted by molar-refractivity contribution is 5.45. The van der Waals surface area contributed by atoms with Crippen LogP contribution in [-0.4, -0.2) is 47.5 Å². The zero-order chi connectivity index (χ0) is 15.6. The topological polar surface area (TPSA) is 67.6 Å². The van der Waals surface area contributed by atoms with Gasteiger partial charge in [-0.1, -0.05) is 6.07 Å². The first-order chi connectivity index (χ1) is 11.3. The molecule has 2 aliphatic rings. The molecular weight excluding hydrogens is 298 g/mol. The van der Waals surface area contributed by atoms with Crippen LogP contribution in [0.5, 0.6) is 11.5 Å². The van der Waals surface area contributed by atoms with Crippen molar-refractivity contribution >= 4 is 0 Å². The number of aromatic nitrogens is 3. The van der Waals surface area contributed by atoms with Crippen LogP contribution in [0.15, 0.2) is 18.2 Å². The van der Waals surface area contributed by atoms with Crippen molar-refractivity contribution < 1.29 is 18.9 Å². The number of fused-ring (bicyclic) bond motifs is 1. The molecule has 1 atom stereocenters. The van der Waals surface area contributed by atoms with E-state index in [-0.39, 0.29) is 12.9 Å². The van der Waals surface area contributed by atoms with Gasteiger partial charge in [-0.25, -0.2) is 9.67 Å². The summed E-state index contributed by atoms with van der Waals surface area (Å²) in [5, 5.41) is 4.49. The molecule has 0 unspecified atom stereocenters. The smallest absolute Gasteiger partial charge is 0.231 e. The van der Waals surface area contributed by atoms with Gasteiger partial charge < -0.3 is 18.9 Å². The third-order valence-electron chi connectivity index (χ3n) is 3.91. The van der Waals surface area contributed by atoms with E-state index in [4.69, 9.17) is 18.9 Å². The summed E-state index contributed by atoms with van der Waals surface area (Å²) in [5.41, 5.74) is 1.11. The zero-order valence-electron chi connectivity index (χ0n) is 13.0. The number of hydrogen-bond acceptors (Lipinski definition) is 6. The molecule has 0 saturated carbocycles. The molecule has 23 heavy (non-hydrogen) atoms. The van der Waals surface area contributed by atoms with E-state index >= 15 is 0 Å². The Morgan fingerprint density at radius 3 is 3.00 bits per heavy atom. The molecule has 4 rings (SSSR count). The van der Waals surface area contributed by atoms with Crippen molar-refractivity contribution in [1.82, 2.24) is 14.8 Å². The predicted octanol–water partition coefficient (Wildman–Crippen LogP) is 1.32. The Kier molecular flexibility index (Phi) is 3.88. The minimum atomic E-state index is 0.0281. The monoisotopic (exact) mass is 317 g/mol. The summed E-state index contributed by atoms with van der Waals surface area (Å²) in [5.74, 6) is 3.25. The molecule has 0 bridgehead atoms. The van der Waals surface area contributed by atoms with E-state index in [0.29, 0.717) is 32.8 Å². The maximum Gasteiger partial charge on any atom is 0.231 e. The second kappa shape index (κ2) is 6.17. The number of ether oxygens (including phenoxy) is 4. The van der Waals surface area contributed by atoms with Crippen LogP contribution in [-0.2, 0) is 22.4 Å². The van der Waals surface area contributed by atoms with E-state index in [1.54, 1.807) is 0 Å². The summed E-state index contributed by atoms with van der Waals surface area (Å²) in [6, 6.07) is 5.96. The highest BCUT2D eigenvalue weighted by Gasteiger charge is 2.19. The number of rotatable bonds is 4. The first kappa shape index (κ1) is 14.5. The third-order valence-corrected chi connectivity index (χ3v) is 3.91. The summed E-state index contributed by atoms with van der Waals surface area (Å²) in [6.07, 6.45) is 0.714. The van der Waals surface area contributed by atoms with E-state index in [0.717, 1.165) is 28.7 Å². The minimum Gasteiger partial charge on any atom is -0.454 e. The Bertz CT molecular complexity index is 695. The largest absolute Gasteiger partial charge is 0.454 e. The summed E-state index contributed by atoms with van der Waals surface area (Å²) < 4.78 is 23.9. The van der Waals surface area contributed by atoms with Crippen LogP contribution < -0.4 is 9.47 Å². The van der Waals surface area contributed by atoms with Crippen LogP contribution in [0.2, 0.25) is 0 Å². The maximum atomic E-state index is 5.71. The van der Waals surface area contributed by atoms with Crippen molar-refractivity contribution in [3.63, 3.8) is 0 Å². The SMILES string of the molecule is Cc1nc(Cc2ccc3c(c2)OCO3)n(C[C@H]2COCCO2)n1. The molecule has 1 fully saturated rings. The predicted molar refractivity (Wildman–Crippen MR) is 80.7 cm³/mol. The molecule has 2 aromatic rings. The molecule has 0 N–H and O–H groups in total. The van der Waals surface area contributed by atoms with E-state index in [1.807, 2.05) is 29.8 Å². The fourth-order valence-electron chi connectivity index (χ4n) is 2.84. The first-order valence-electron chi connectivity index (χ1n) is 7.76. The van der Waals surface area contributed by atoms with Gasteiger partial charge in [0, 0.05) is 6.42 Å². The van der Waals surface area contributed by atoms with E-state index < -0.39 is 0 Å². The third kappa shape index (κ3) is 3.16. The van der Waals surface area contributed by atoms with Gasteiger partial charge in [-0.05, 0) is 24.6 Å². The van der Waals surface area contributed by atoms with Crippen molar-refractivity contribution in [3.8, 4) is 11.5 Å². The molecule has 1 saturated heterocycles. The van der Waals surface area contributed by atoms with Gasteiger partial charge in [0.15, 0.2) is 11.5 Å². The second-order valence-corrected chi connectivity index (χ2v) is 5.69. The van der Waals surface area contributed by atoms with Crippen LogP contribution in [0.1, 0.15) is 17.2 Å². The highest BCUT2D eigenvalue weighted by atomic mass is 16.7. The van der Waals surface area contributed by atoms with Gasteiger partial charge in [0.25, 0.3) is 0 Å². The molecule has 0 amide bonds. The summed E-state index contributed by atoms with van der Waals surface area (Å²) in [7, 11) is 0. The van der Waals surface area contributed by atoms with Crippen molar-refractivity contribution in [2.45, 2.75) is 26.0 Å². The van der Waals surface area contributed by atoms with Crippen molar-refractivity contribution in [3.05, 3.63) is 35.4 Å². The maximum absolute atomic E-state index is 5.71. The van der Waals surface area contributed by atoms with Gasteiger partial charge in [0.05, 0.1) is 26.4 Å². The Morgan fingerprint density at radius 2 is 2.13 bits per heavy atom. The lowest BCUT2D eigenvalue weighted by Crippen LogP contribution is -2.33. The molecule has 1 aromatic heterocycles. The molecule has 2 aliphatic heterocycles. The molecular formula is C16H19N3O4. The number of benzene rings is 1. The van der Waals surface area contributed by atoms with Crippen LogP contribution in [0.4, 0.5) is 0 Å². The molecule has 1 aromatic carbocycles. The van der Waals surface area contributed by atoms with Gasteiger partial charge in [-0.2, -0.15) is 5.10 Å². The molecule has 0 radical (unpaired) electrons. The van der Waals surface area contributed by atoms with Gasteiger partial charge in [-0.15, -0.1) is 0 Å². The normalized spacial score (nSPS) is 20.0. The Balaban J connectivity index is 1.52. The lowest BCUT2D eigenvalue weighted by Gasteiger charge is -2.23. The molecule has 122 valence electrons. The van der Waals surface area contributed by atoms with Gasteiger partial charge in [0.2, 0.25) is 6.79 Å². The number of hydrogen-bond donors (Lipinski definition) is 0. The molecule has 0 aliphatic carbocycles. The van der Waals surface area contributed by atoms with Crippen molar-refractivity contribution in [2.75, 3.05) is 26.6 Å². The average Bonchev–Trinajstić information content (AvgIpc) is 3.15. The second-order valence-electron chi connectivity index (χ2n) is 5.69. The standard InChI is InChI=1S/C16H19N3O4/c1-11-17-16(19(18-11)8-13-9-20-4-5-21-13)7-12-2-3-14-15(6-12)23-10-22-14/h2-3,6,13H,4-5,7-10H2,1H3/t13-/m0/s1. The van der Waals surface area contributed by atoms with Crippen molar-refractivity contribution in [1.29, 1.82) is 0 Å². The molecule has 7 heteroatoms. The lowest BCUT2D eigenvalue weighted by molar-refractivity contribution is -0.0948. The summed E-state index contributed by atoms with van der Waals surface area (Å²) in [4.78, 5) is 4.55. The fraction of sp³-hybridized carbons (Fsp3) is 0.500. The van der Waals surface area contributed by atoms with Crippen LogP contribution >= 0.6 is 0 Å². The molecule has 0 spiro atoms. The van der Waals surface area contributed by atoms with E-state index in [9.17, 15) is 0 Å². The summed E-state index contributed by atoms with van der Waals surface area (Å²) >= 11 is 0. The van der Waals surface area contributed by atoms with Gasteiger partial charge in [0.1, 0.15) is 17.8 Å². The number of nitrogens with zero attached hydrogens (tertiary/aromatic N) is 3. The van der Waals surface area contributed by atoms with E-state index in [2.05, 4.69) is 10.1 Å². The zero-order valence-corrected chi connectivity index (χ0v) is 13.0. The van der Waals surface area contributed by atoms with Crippen molar-refractivity contribution in [2.24, 2.45) is 0 Å². The Morgan fingerprint density at radius 1 is 1.22 bits per heavy atom. The first-order valence-corrected chi connectivity index (χ1v) is 7.76. The minimum absolute atomic E-state index is 0.0281. The van der Waals surface area contributed by atoms with Crippen LogP contribution in [0.25, 0.3) is 0 Å². The Labute approximate surface area is 134 Å². The molecule has 7 nitrogen and oxygen atoms in total.